The number of hydrogen-bond acceptors (Lipinski definition) is 4. The van der Waals surface area contributed by atoms with Crippen LogP contribution < -0.4 is 10.1 Å². The Kier molecular flexibility index (Phi) is 9.47. The van der Waals surface area contributed by atoms with Gasteiger partial charge in [-0.15, -0.1) is 12.4 Å². The van der Waals surface area contributed by atoms with E-state index in [0.717, 1.165) is 30.5 Å². The van der Waals surface area contributed by atoms with Crippen LogP contribution in [0.3, 0.4) is 0 Å². The van der Waals surface area contributed by atoms with Gasteiger partial charge in [0.1, 0.15) is 11.5 Å². The lowest BCUT2D eigenvalue weighted by Gasteiger charge is -2.34. The molecule has 1 fully saturated rings. The molecule has 2 N–H and O–H groups in total. The number of halogens is 1. The van der Waals surface area contributed by atoms with Gasteiger partial charge >= 0.3 is 0 Å². The molecule has 0 saturated carbocycles. The fraction of sp³-hybridized carbons (Fsp3) is 0.458. The average Bonchev–Trinajstić information content (AvgIpc) is 2.77. The minimum absolute atomic E-state index is 0. The molecule has 164 valence electrons. The smallest absolute Gasteiger partial charge is 0.223 e. The minimum atomic E-state index is -0.0757. The molecule has 2 aromatic rings. The van der Waals surface area contributed by atoms with Crippen molar-refractivity contribution >= 4 is 18.3 Å². The van der Waals surface area contributed by atoms with Crippen molar-refractivity contribution in [3.05, 3.63) is 59.7 Å². The van der Waals surface area contributed by atoms with Crippen molar-refractivity contribution in [1.82, 2.24) is 10.2 Å². The van der Waals surface area contributed by atoms with Crippen LogP contribution in [0.2, 0.25) is 0 Å². The third-order valence-electron chi connectivity index (χ3n) is 5.78. The highest BCUT2D eigenvalue weighted by Gasteiger charge is 2.26. The lowest BCUT2D eigenvalue weighted by Crippen LogP contribution is -2.50. The molecule has 2 aromatic carbocycles. The maximum absolute atomic E-state index is 13.0. The lowest BCUT2D eigenvalue weighted by atomic mass is 9.86. The van der Waals surface area contributed by atoms with E-state index in [4.69, 9.17) is 4.74 Å². The molecule has 30 heavy (non-hydrogen) atoms. The molecule has 0 bridgehead atoms. The van der Waals surface area contributed by atoms with Gasteiger partial charge in [0.25, 0.3) is 0 Å². The predicted octanol–water partition coefficient (Wildman–Crippen LogP) is 4.68. The number of rotatable bonds is 8. The van der Waals surface area contributed by atoms with Crippen molar-refractivity contribution in [3.63, 3.8) is 0 Å². The summed E-state index contributed by atoms with van der Waals surface area (Å²) in [5, 5.41) is 14.0. The molecule has 5 nitrogen and oxygen atoms in total. The summed E-state index contributed by atoms with van der Waals surface area (Å²) >= 11 is 0. The SMILES string of the molecule is CCN(C(=O)CCC(c1ccccc1)c1cc(OC)ccc1O)C1CCCCN1.Cl. The first-order chi connectivity index (χ1) is 14.1. The highest BCUT2D eigenvalue weighted by molar-refractivity contribution is 5.85. The van der Waals surface area contributed by atoms with E-state index in [1.807, 2.05) is 48.2 Å². The molecule has 3 rings (SSSR count). The summed E-state index contributed by atoms with van der Waals surface area (Å²) in [5.41, 5.74) is 1.88. The van der Waals surface area contributed by atoms with Crippen molar-refractivity contribution in [3.8, 4) is 11.5 Å². The first-order valence-electron chi connectivity index (χ1n) is 10.6. The molecular weight excluding hydrogens is 400 g/mol. The Balaban J connectivity index is 0.00000320. The third-order valence-corrected chi connectivity index (χ3v) is 5.78. The second-order valence-electron chi connectivity index (χ2n) is 7.57. The van der Waals surface area contributed by atoms with E-state index >= 15 is 0 Å². The van der Waals surface area contributed by atoms with E-state index in [2.05, 4.69) is 5.32 Å². The molecule has 2 atom stereocenters. The Morgan fingerprint density at radius 2 is 2.00 bits per heavy atom. The average molecular weight is 433 g/mol. The molecule has 2 unspecified atom stereocenters. The Morgan fingerprint density at radius 3 is 2.63 bits per heavy atom. The van der Waals surface area contributed by atoms with Gasteiger partial charge in [0.15, 0.2) is 0 Å². The zero-order valence-electron chi connectivity index (χ0n) is 17.8. The largest absolute Gasteiger partial charge is 0.508 e. The third kappa shape index (κ3) is 5.89. The summed E-state index contributed by atoms with van der Waals surface area (Å²) in [6, 6.07) is 15.3. The number of phenolic OH excluding ortho intramolecular Hbond substituents is 1. The second-order valence-corrected chi connectivity index (χ2v) is 7.57. The number of hydrogen-bond donors (Lipinski definition) is 2. The van der Waals surface area contributed by atoms with E-state index in [-0.39, 0.29) is 36.1 Å². The van der Waals surface area contributed by atoms with Crippen LogP contribution in [-0.2, 0) is 4.79 Å². The van der Waals surface area contributed by atoms with Gasteiger partial charge < -0.3 is 14.7 Å². The van der Waals surface area contributed by atoms with E-state index in [0.29, 0.717) is 25.1 Å². The molecule has 0 aromatic heterocycles. The number of ether oxygens (including phenoxy) is 1. The van der Waals surface area contributed by atoms with Crippen LogP contribution >= 0.6 is 12.4 Å². The number of amides is 1. The van der Waals surface area contributed by atoms with E-state index in [9.17, 15) is 9.90 Å². The molecule has 1 saturated heterocycles. The highest BCUT2D eigenvalue weighted by atomic mass is 35.5. The summed E-state index contributed by atoms with van der Waals surface area (Å²) in [5.74, 6) is 1.02. The first-order valence-corrected chi connectivity index (χ1v) is 10.6. The monoisotopic (exact) mass is 432 g/mol. The van der Waals surface area contributed by atoms with Crippen LogP contribution in [0.1, 0.15) is 56.1 Å². The van der Waals surface area contributed by atoms with Crippen LogP contribution in [0, 0.1) is 0 Å². The van der Waals surface area contributed by atoms with Gasteiger partial charge in [0.05, 0.1) is 13.3 Å². The summed E-state index contributed by atoms with van der Waals surface area (Å²) < 4.78 is 5.36. The molecule has 1 amide bonds. The number of phenols is 1. The fourth-order valence-electron chi connectivity index (χ4n) is 4.21. The number of benzene rings is 2. The Labute approximate surface area is 185 Å². The van der Waals surface area contributed by atoms with Gasteiger partial charge in [-0.05, 0) is 62.9 Å². The van der Waals surface area contributed by atoms with Gasteiger partial charge in [-0.3, -0.25) is 10.1 Å². The number of methoxy groups -OCH3 is 1. The topological polar surface area (TPSA) is 61.8 Å². The number of carbonyl (C=O) groups is 1. The van der Waals surface area contributed by atoms with E-state index in [1.54, 1.807) is 19.2 Å². The second kappa shape index (κ2) is 11.8. The number of carbonyl (C=O) groups excluding carboxylic acids is 1. The van der Waals surface area contributed by atoms with E-state index < -0.39 is 0 Å². The number of nitrogens with zero attached hydrogens (tertiary/aromatic N) is 1. The quantitative estimate of drug-likeness (QED) is 0.635. The summed E-state index contributed by atoms with van der Waals surface area (Å²) in [6.45, 7) is 3.71. The minimum Gasteiger partial charge on any atom is -0.508 e. The van der Waals surface area contributed by atoms with Gasteiger partial charge in [0, 0.05) is 24.4 Å². The highest BCUT2D eigenvalue weighted by Crippen LogP contribution is 2.37. The van der Waals surface area contributed by atoms with E-state index in [1.165, 1.54) is 6.42 Å². The number of piperidine rings is 1. The molecule has 0 spiro atoms. The molecule has 6 heteroatoms. The summed E-state index contributed by atoms with van der Waals surface area (Å²) in [7, 11) is 1.62. The summed E-state index contributed by atoms with van der Waals surface area (Å²) in [4.78, 5) is 15.0. The predicted molar refractivity (Wildman–Crippen MR) is 122 cm³/mol. The van der Waals surface area contributed by atoms with Gasteiger partial charge in [-0.2, -0.15) is 0 Å². The first kappa shape index (κ1) is 24.0. The van der Waals surface area contributed by atoms with Gasteiger partial charge in [-0.1, -0.05) is 30.3 Å². The Bertz CT molecular complexity index is 794. The van der Waals surface area contributed by atoms with Gasteiger partial charge in [-0.25, -0.2) is 0 Å². The van der Waals surface area contributed by atoms with Crippen molar-refractivity contribution in [2.24, 2.45) is 0 Å². The van der Waals surface area contributed by atoms with Crippen molar-refractivity contribution in [2.75, 3.05) is 20.2 Å². The maximum Gasteiger partial charge on any atom is 0.223 e. The van der Waals surface area contributed by atoms with Crippen LogP contribution in [-0.4, -0.2) is 42.3 Å². The molecule has 0 radical (unpaired) electrons. The van der Waals surface area contributed by atoms with Crippen LogP contribution in [0.4, 0.5) is 0 Å². The molecule has 1 heterocycles. The van der Waals surface area contributed by atoms with Gasteiger partial charge in [0.2, 0.25) is 5.91 Å². The standard InChI is InChI=1S/C24H32N2O3.ClH/c1-3-26(23-11-7-8-16-25-23)24(28)15-13-20(18-9-5-4-6-10-18)21-17-19(29-2)12-14-22(21)27;/h4-6,9-10,12,14,17,20,23,25,27H,3,7-8,11,13,15-16H2,1-2H3;1H. The fourth-order valence-corrected chi connectivity index (χ4v) is 4.21. The Hall–Kier alpha value is -2.24. The molecule has 1 aliphatic heterocycles. The van der Waals surface area contributed by atoms with Crippen molar-refractivity contribution in [1.29, 1.82) is 0 Å². The zero-order chi connectivity index (χ0) is 20.6. The summed E-state index contributed by atoms with van der Waals surface area (Å²) in [6.07, 6.45) is 4.55. The van der Waals surface area contributed by atoms with Crippen LogP contribution in [0.15, 0.2) is 48.5 Å². The number of aromatic hydroxyl groups is 1. The van der Waals surface area contributed by atoms with Crippen molar-refractivity contribution < 1.29 is 14.6 Å². The maximum atomic E-state index is 13.0. The van der Waals surface area contributed by atoms with Crippen LogP contribution in [0.5, 0.6) is 11.5 Å². The zero-order valence-corrected chi connectivity index (χ0v) is 18.7. The Morgan fingerprint density at radius 1 is 1.23 bits per heavy atom. The lowest BCUT2D eigenvalue weighted by molar-refractivity contribution is -0.134. The normalized spacial score (nSPS) is 16.9. The van der Waals surface area contributed by atoms with Crippen molar-refractivity contribution in [2.45, 2.75) is 51.1 Å². The number of nitrogens with one attached hydrogen (secondary N) is 1. The molecule has 0 aliphatic carbocycles. The molecular formula is C24H33ClN2O3. The van der Waals surface area contributed by atoms with Crippen LogP contribution in [0.25, 0.3) is 0 Å². The molecule has 1 aliphatic rings.